The largest absolute Gasteiger partial charge is 0.370 e. The van der Waals surface area contributed by atoms with Gasteiger partial charge in [-0.2, -0.15) is 0 Å². The van der Waals surface area contributed by atoms with Crippen molar-refractivity contribution in [2.24, 2.45) is 0 Å². The SMILES string of the molecule is CCCCCC/C=C/CCCC1NC=CN1. The molecule has 16 heavy (non-hydrogen) atoms. The van der Waals surface area contributed by atoms with Crippen LogP contribution in [-0.4, -0.2) is 6.17 Å². The molecule has 0 aliphatic carbocycles. The smallest absolute Gasteiger partial charge is 0.0955 e. The molecule has 0 saturated heterocycles. The highest BCUT2D eigenvalue weighted by Crippen LogP contribution is 2.05. The Kier molecular flexibility index (Phi) is 7.65. The van der Waals surface area contributed by atoms with E-state index in [1.165, 1.54) is 51.4 Å². The lowest BCUT2D eigenvalue weighted by Gasteiger charge is -2.10. The maximum Gasteiger partial charge on any atom is 0.0955 e. The third kappa shape index (κ3) is 6.54. The molecule has 1 rings (SSSR count). The van der Waals surface area contributed by atoms with Gasteiger partial charge in [-0.15, -0.1) is 0 Å². The molecule has 0 amide bonds. The van der Waals surface area contributed by atoms with E-state index in [-0.39, 0.29) is 0 Å². The first kappa shape index (κ1) is 13.1. The third-order valence-electron chi connectivity index (χ3n) is 2.93. The van der Waals surface area contributed by atoms with Gasteiger partial charge in [0, 0.05) is 12.4 Å². The van der Waals surface area contributed by atoms with Gasteiger partial charge in [-0.05, 0) is 32.1 Å². The van der Waals surface area contributed by atoms with Crippen LogP contribution in [0.3, 0.4) is 0 Å². The molecule has 2 nitrogen and oxygen atoms in total. The van der Waals surface area contributed by atoms with Gasteiger partial charge >= 0.3 is 0 Å². The molecular weight excluding hydrogens is 196 g/mol. The summed E-state index contributed by atoms with van der Waals surface area (Å²) >= 11 is 0. The monoisotopic (exact) mass is 222 g/mol. The van der Waals surface area contributed by atoms with Crippen molar-refractivity contribution in [1.29, 1.82) is 0 Å². The van der Waals surface area contributed by atoms with E-state index in [9.17, 15) is 0 Å². The molecule has 0 atom stereocenters. The van der Waals surface area contributed by atoms with Gasteiger partial charge < -0.3 is 10.6 Å². The first-order valence-corrected chi connectivity index (χ1v) is 6.75. The summed E-state index contributed by atoms with van der Waals surface area (Å²) < 4.78 is 0. The highest BCUT2D eigenvalue weighted by atomic mass is 15.1. The van der Waals surface area contributed by atoms with E-state index < -0.39 is 0 Å². The van der Waals surface area contributed by atoms with Gasteiger partial charge in [0.2, 0.25) is 0 Å². The molecule has 0 fully saturated rings. The Hall–Kier alpha value is -0.920. The highest BCUT2D eigenvalue weighted by Gasteiger charge is 2.05. The molecule has 0 saturated carbocycles. The van der Waals surface area contributed by atoms with Gasteiger partial charge in [0.25, 0.3) is 0 Å². The zero-order chi connectivity index (χ0) is 11.5. The fourth-order valence-electron chi connectivity index (χ4n) is 1.91. The van der Waals surface area contributed by atoms with E-state index in [2.05, 4.69) is 29.7 Å². The van der Waals surface area contributed by atoms with E-state index in [0.717, 1.165) is 0 Å². The van der Waals surface area contributed by atoms with Crippen molar-refractivity contribution >= 4 is 0 Å². The highest BCUT2D eigenvalue weighted by molar-refractivity contribution is 4.91. The van der Waals surface area contributed by atoms with Gasteiger partial charge in [-0.1, -0.05) is 38.3 Å². The zero-order valence-corrected chi connectivity index (χ0v) is 10.5. The summed E-state index contributed by atoms with van der Waals surface area (Å²) in [6.45, 7) is 2.26. The Morgan fingerprint density at radius 3 is 2.31 bits per heavy atom. The van der Waals surface area contributed by atoms with Crippen molar-refractivity contribution in [3.05, 3.63) is 24.6 Å². The minimum atomic E-state index is 0.470. The number of hydrogen-bond acceptors (Lipinski definition) is 2. The summed E-state index contributed by atoms with van der Waals surface area (Å²) in [6.07, 6.45) is 19.5. The molecule has 2 heteroatoms. The van der Waals surface area contributed by atoms with Crippen molar-refractivity contribution in [2.45, 2.75) is 64.5 Å². The number of unbranched alkanes of at least 4 members (excludes halogenated alkanes) is 5. The molecule has 0 unspecified atom stereocenters. The first-order valence-electron chi connectivity index (χ1n) is 6.75. The summed E-state index contributed by atoms with van der Waals surface area (Å²) in [4.78, 5) is 0. The number of rotatable bonds is 9. The molecule has 1 aliphatic heterocycles. The summed E-state index contributed by atoms with van der Waals surface area (Å²) in [7, 11) is 0. The van der Waals surface area contributed by atoms with Crippen LogP contribution in [0.5, 0.6) is 0 Å². The van der Waals surface area contributed by atoms with Crippen LogP contribution in [0.1, 0.15) is 58.3 Å². The Balaban J connectivity index is 1.81. The van der Waals surface area contributed by atoms with Gasteiger partial charge in [0.05, 0.1) is 6.17 Å². The lowest BCUT2D eigenvalue weighted by atomic mass is 10.1. The lowest BCUT2D eigenvalue weighted by molar-refractivity contribution is 0.510. The number of nitrogens with one attached hydrogen (secondary N) is 2. The van der Waals surface area contributed by atoms with Crippen molar-refractivity contribution in [3.8, 4) is 0 Å². The van der Waals surface area contributed by atoms with Crippen LogP contribution < -0.4 is 10.6 Å². The number of allylic oxidation sites excluding steroid dienone is 2. The van der Waals surface area contributed by atoms with Crippen LogP contribution in [0.2, 0.25) is 0 Å². The lowest BCUT2D eigenvalue weighted by Crippen LogP contribution is -2.30. The van der Waals surface area contributed by atoms with Gasteiger partial charge in [0.15, 0.2) is 0 Å². The maximum absolute atomic E-state index is 3.27. The first-order chi connectivity index (χ1) is 7.93. The quantitative estimate of drug-likeness (QED) is 0.459. The van der Waals surface area contributed by atoms with Crippen LogP contribution in [0, 0.1) is 0 Å². The normalized spacial score (nSPS) is 15.6. The fraction of sp³-hybridized carbons (Fsp3) is 0.714. The van der Waals surface area contributed by atoms with E-state index in [1.54, 1.807) is 0 Å². The Morgan fingerprint density at radius 1 is 0.938 bits per heavy atom. The van der Waals surface area contributed by atoms with Crippen molar-refractivity contribution in [2.75, 3.05) is 0 Å². The van der Waals surface area contributed by atoms with E-state index in [1.807, 2.05) is 12.4 Å². The molecule has 92 valence electrons. The number of hydrogen-bond donors (Lipinski definition) is 2. The Labute approximate surface area is 100 Å². The van der Waals surface area contributed by atoms with E-state index >= 15 is 0 Å². The minimum absolute atomic E-state index is 0.470. The van der Waals surface area contributed by atoms with E-state index in [4.69, 9.17) is 0 Å². The summed E-state index contributed by atoms with van der Waals surface area (Å²) in [6, 6.07) is 0. The van der Waals surface area contributed by atoms with Crippen molar-refractivity contribution < 1.29 is 0 Å². The molecule has 0 bridgehead atoms. The van der Waals surface area contributed by atoms with Crippen molar-refractivity contribution in [1.82, 2.24) is 10.6 Å². The Bertz CT molecular complexity index is 201. The molecule has 0 radical (unpaired) electrons. The third-order valence-corrected chi connectivity index (χ3v) is 2.93. The molecule has 1 aliphatic rings. The minimum Gasteiger partial charge on any atom is -0.370 e. The van der Waals surface area contributed by atoms with Crippen LogP contribution in [0.25, 0.3) is 0 Å². The van der Waals surface area contributed by atoms with Gasteiger partial charge in [0.1, 0.15) is 0 Å². The average Bonchev–Trinajstić information content (AvgIpc) is 2.80. The van der Waals surface area contributed by atoms with Crippen molar-refractivity contribution in [3.63, 3.8) is 0 Å². The molecule has 1 heterocycles. The summed E-state index contributed by atoms with van der Waals surface area (Å²) in [5.41, 5.74) is 0. The van der Waals surface area contributed by atoms with Crippen LogP contribution in [-0.2, 0) is 0 Å². The molecule has 2 N–H and O–H groups in total. The fourth-order valence-corrected chi connectivity index (χ4v) is 1.91. The second kappa shape index (κ2) is 9.32. The van der Waals surface area contributed by atoms with Gasteiger partial charge in [-0.3, -0.25) is 0 Å². The Morgan fingerprint density at radius 2 is 1.62 bits per heavy atom. The van der Waals surface area contributed by atoms with Crippen LogP contribution >= 0.6 is 0 Å². The summed E-state index contributed by atoms with van der Waals surface area (Å²) in [5, 5.41) is 6.53. The molecule has 0 aromatic carbocycles. The van der Waals surface area contributed by atoms with Crippen LogP contribution in [0.15, 0.2) is 24.6 Å². The average molecular weight is 222 g/mol. The van der Waals surface area contributed by atoms with Crippen LogP contribution in [0.4, 0.5) is 0 Å². The topological polar surface area (TPSA) is 24.1 Å². The summed E-state index contributed by atoms with van der Waals surface area (Å²) in [5.74, 6) is 0. The molecular formula is C14H26N2. The van der Waals surface area contributed by atoms with E-state index in [0.29, 0.717) is 6.17 Å². The molecule has 0 spiro atoms. The maximum atomic E-state index is 3.27. The predicted molar refractivity (Wildman–Crippen MR) is 70.9 cm³/mol. The second-order valence-corrected chi connectivity index (χ2v) is 4.47. The second-order valence-electron chi connectivity index (χ2n) is 4.47. The molecule has 0 aromatic rings. The van der Waals surface area contributed by atoms with Gasteiger partial charge in [-0.25, -0.2) is 0 Å². The standard InChI is InChI=1S/C14H26N2/c1-2-3-4-5-6-7-8-9-10-11-14-15-12-13-16-14/h7-8,12-16H,2-6,9-11H2,1H3/b8-7+. The predicted octanol–water partition coefficient (Wildman–Crippen LogP) is 3.67. The zero-order valence-electron chi connectivity index (χ0n) is 10.5. The molecule has 0 aromatic heterocycles.